The van der Waals surface area contributed by atoms with Gasteiger partial charge in [-0.1, -0.05) is 0 Å². The molecule has 0 aromatic carbocycles. The van der Waals surface area contributed by atoms with Gasteiger partial charge in [0, 0.05) is 0 Å². The second kappa shape index (κ2) is 2.48. The van der Waals surface area contributed by atoms with Crippen LogP contribution in [0.4, 0.5) is 5.82 Å². The normalized spacial score (nSPS) is 8.56. The average Bonchev–Trinajstić information content (AvgIpc) is 2.18. The molecular weight excluding hydrogens is 138 g/mol. The van der Waals surface area contributed by atoms with E-state index < -0.39 is 0 Å². The molecule has 0 unspecified atom stereocenters. The Bertz CT molecular complexity index is 250. The van der Waals surface area contributed by atoms with Crippen molar-refractivity contribution in [2.45, 2.75) is 6.92 Å². The SMILES string of the molecule is Cc1nsnc1N=C=O. The van der Waals surface area contributed by atoms with E-state index in [-0.39, 0.29) is 0 Å². The summed E-state index contributed by atoms with van der Waals surface area (Å²) in [5.74, 6) is 0.370. The number of aliphatic imine (C=N–C) groups is 1. The van der Waals surface area contributed by atoms with Gasteiger partial charge in [0.25, 0.3) is 0 Å². The van der Waals surface area contributed by atoms with E-state index in [1.807, 2.05) is 0 Å². The molecule has 1 rings (SSSR count). The minimum Gasteiger partial charge on any atom is -0.211 e. The Labute approximate surface area is 55.6 Å². The van der Waals surface area contributed by atoms with E-state index in [0.29, 0.717) is 11.5 Å². The van der Waals surface area contributed by atoms with Crippen molar-refractivity contribution in [3.8, 4) is 0 Å². The Hall–Kier alpha value is -1.06. The highest BCUT2D eigenvalue weighted by atomic mass is 32.1. The van der Waals surface area contributed by atoms with Crippen molar-refractivity contribution in [3.63, 3.8) is 0 Å². The van der Waals surface area contributed by atoms with Crippen molar-refractivity contribution in [2.75, 3.05) is 0 Å². The first-order chi connectivity index (χ1) is 4.34. The lowest BCUT2D eigenvalue weighted by atomic mass is 10.5. The Kier molecular flexibility index (Phi) is 1.67. The maximum absolute atomic E-state index is 9.67. The Morgan fingerprint density at radius 3 is 2.89 bits per heavy atom. The van der Waals surface area contributed by atoms with Crippen molar-refractivity contribution in [3.05, 3.63) is 5.69 Å². The van der Waals surface area contributed by atoms with E-state index >= 15 is 0 Å². The predicted octanol–water partition coefficient (Wildman–Crippen LogP) is 0.814. The summed E-state index contributed by atoms with van der Waals surface area (Å²) in [6.07, 6.45) is 1.39. The minimum absolute atomic E-state index is 0.370. The summed E-state index contributed by atoms with van der Waals surface area (Å²) in [6, 6.07) is 0. The number of isocyanates is 1. The summed E-state index contributed by atoms with van der Waals surface area (Å²) < 4.78 is 7.50. The lowest BCUT2D eigenvalue weighted by molar-refractivity contribution is 0.565. The summed E-state index contributed by atoms with van der Waals surface area (Å²) in [7, 11) is 0. The lowest BCUT2D eigenvalue weighted by Crippen LogP contribution is -1.67. The molecule has 0 spiro atoms. The van der Waals surface area contributed by atoms with E-state index in [9.17, 15) is 4.79 Å². The fraction of sp³-hybridized carbons (Fsp3) is 0.250. The molecule has 9 heavy (non-hydrogen) atoms. The number of hydrogen-bond donors (Lipinski definition) is 0. The topological polar surface area (TPSA) is 55.2 Å². The first-order valence-corrected chi connectivity index (χ1v) is 2.94. The smallest absolute Gasteiger partial charge is 0.211 e. The number of hydrogen-bond acceptors (Lipinski definition) is 5. The molecule has 1 aromatic heterocycles. The lowest BCUT2D eigenvalue weighted by Gasteiger charge is -1.75. The number of aromatic nitrogens is 2. The molecule has 0 aliphatic rings. The average molecular weight is 141 g/mol. The first-order valence-electron chi connectivity index (χ1n) is 2.21. The summed E-state index contributed by atoms with van der Waals surface area (Å²) in [4.78, 5) is 13.0. The van der Waals surface area contributed by atoms with Crippen LogP contribution < -0.4 is 0 Å². The molecule has 0 amide bonds. The molecular formula is C4H3N3OS. The highest BCUT2D eigenvalue weighted by Gasteiger charge is 1.97. The first kappa shape index (κ1) is 6.07. The fourth-order valence-electron chi connectivity index (χ4n) is 0.372. The monoisotopic (exact) mass is 141 g/mol. The second-order valence-electron chi connectivity index (χ2n) is 1.38. The van der Waals surface area contributed by atoms with E-state index in [2.05, 4.69) is 13.7 Å². The number of aryl methyl sites for hydroxylation is 1. The van der Waals surface area contributed by atoms with Crippen LogP contribution in [0.5, 0.6) is 0 Å². The van der Waals surface area contributed by atoms with Crippen molar-refractivity contribution in [2.24, 2.45) is 4.99 Å². The van der Waals surface area contributed by atoms with Gasteiger partial charge in [0.1, 0.15) is 0 Å². The summed E-state index contributed by atoms with van der Waals surface area (Å²) in [5.41, 5.74) is 0.670. The van der Waals surface area contributed by atoms with Crippen LogP contribution in [0.15, 0.2) is 4.99 Å². The molecule has 0 saturated carbocycles. The summed E-state index contributed by atoms with van der Waals surface area (Å²) >= 11 is 1.03. The number of rotatable bonds is 1. The zero-order valence-corrected chi connectivity index (χ0v) is 5.47. The molecule has 1 heterocycles. The molecule has 4 nitrogen and oxygen atoms in total. The standard InChI is InChI=1S/C4H3N3OS/c1-3-4(5-2-8)7-9-6-3/h1H3. The second-order valence-corrected chi connectivity index (χ2v) is 1.90. The molecule has 0 fully saturated rings. The van der Waals surface area contributed by atoms with Gasteiger partial charge in [-0.2, -0.15) is 8.75 Å². The highest BCUT2D eigenvalue weighted by molar-refractivity contribution is 6.99. The van der Waals surface area contributed by atoms with E-state index in [1.54, 1.807) is 6.92 Å². The van der Waals surface area contributed by atoms with Crippen LogP contribution in [0.2, 0.25) is 0 Å². The van der Waals surface area contributed by atoms with Gasteiger partial charge in [-0.15, -0.1) is 4.99 Å². The van der Waals surface area contributed by atoms with Crippen molar-refractivity contribution >= 4 is 23.6 Å². The predicted molar refractivity (Wildman–Crippen MR) is 32.4 cm³/mol. The van der Waals surface area contributed by atoms with Gasteiger partial charge >= 0.3 is 0 Å². The third-order valence-corrected chi connectivity index (χ3v) is 1.39. The molecule has 0 aliphatic heterocycles. The van der Waals surface area contributed by atoms with Crippen molar-refractivity contribution in [1.82, 2.24) is 8.75 Å². The van der Waals surface area contributed by atoms with Gasteiger partial charge < -0.3 is 0 Å². The van der Waals surface area contributed by atoms with Gasteiger partial charge in [0.2, 0.25) is 11.9 Å². The maximum atomic E-state index is 9.67. The number of carbonyl (C=O) groups excluding carboxylic acids is 1. The van der Waals surface area contributed by atoms with Crippen LogP contribution in [-0.2, 0) is 4.79 Å². The minimum atomic E-state index is 0.370. The summed E-state index contributed by atoms with van der Waals surface area (Å²) in [5, 5.41) is 0. The maximum Gasteiger partial charge on any atom is 0.242 e. The van der Waals surface area contributed by atoms with Gasteiger partial charge in [0.05, 0.1) is 17.4 Å². The Morgan fingerprint density at radius 1 is 1.67 bits per heavy atom. The van der Waals surface area contributed by atoms with Crippen molar-refractivity contribution in [1.29, 1.82) is 0 Å². The third kappa shape index (κ3) is 1.19. The van der Waals surface area contributed by atoms with Gasteiger partial charge in [0.15, 0.2) is 0 Å². The Morgan fingerprint density at radius 2 is 2.44 bits per heavy atom. The molecule has 0 aliphatic carbocycles. The van der Waals surface area contributed by atoms with Crippen LogP contribution in [0.3, 0.4) is 0 Å². The number of nitrogens with zero attached hydrogens (tertiary/aromatic N) is 3. The quantitative estimate of drug-likeness (QED) is 0.429. The van der Waals surface area contributed by atoms with E-state index in [0.717, 1.165) is 11.7 Å². The van der Waals surface area contributed by atoms with Gasteiger partial charge in [-0.05, 0) is 6.92 Å². The zero-order valence-electron chi connectivity index (χ0n) is 4.66. The van der Waals surface area contributed by atoms with E-state index in [1.165, 1.54) is 6.08 Å². The molecule has 0 saturated heterocycles. The van der Waals surface area contributed by atoms with Gasteiger partial charge in [-0.25, -0.2) is 4.79 Å². The van der Waals surface area contributed by atoms with Crippen LogP contribution in [0, 0.1) is 6.92 Å². The van der Waals surface area contributed by atoms with Crippen LogP contribution in [0.25, 0.3) is 0 Å². The Balaban J connectivity index is 3.07. The van der Waals surface area contributed by atoms with Crippen LogP contribution >= 0.6 is 11.7 Å². The van der Waals surface area contributed by atoms with E-state index in [4.69, 9.17) is 0 Å². The molecule has 5 heteroatoms. The van der Waals surface area contributed by atoms with Crippen LogP contribution in [-0.4, -0.2) is 14.8 Å². The summed E-state index contributed by atoms with van der Waals surface area (Å²) in [6.45, 7) is 1.74. The molecule has 0 radical (unpaired) electrons. The molecule has 1 aromatic rings. The zero-order chi connectivity index (χ0) is 6.69. The molecule has 0 bridgehead atoms. The largest absolute Gasteiger partial charge is 0.242 e. The molecule has 0 N–H and O–H groups in total. The van der Waals surface area contributed by atoms with Gasteiger partial charge in [-0.3, -0.25) is 0 Å². The third-order valence-electron chi connectivity index (χ3n) is 0.780. The van der Waals surface area contributed by atoms with Crippen molar-refractivity contribution < 1.29 is 4.79 Å². The van der Waals surface area contributed by atoms with Crippen LogP contribution in [0.1, 0.15) is 5.69 Å². The molecule has 0 atom stereocenters. The molecule has 46 valence electrons. The highest BCUT2D eigenvalue weighted by Crippen LogP contribution is 2.12. The fourth-order valence-corrected chi connectivity index (χ4v) is 0.867.